The van der Waals surface area contributed by atoms with Crippen LogP contribution in [0.15, 0.2) is 30.9 Å². The smallest absolute Gasteiger partial charge is 0.255 e. The number of carbonyl (C=O) groups excluding carboxylic acids is 1. The zero-order valence-corrected chi connectivity index (χ0v) is 13.8. The molecule has 5 nitrogen and oxygen atoms in total. The molecule has 0 spiro atoms. The second-order valence-electron chi connectivity index (χ2n) is 4.89. The Morgan fingerprint density at radius 3 is 2.68 bits per heavy atom. The zero-order valence-electron chi connectivity index (χ0n) is 13.8. The van der Waals surface area contributed by atoms with Crippen molar-refractivity contribution in [1.82, 2.24) is 14.9 Å². The molecule has 0 aliphatic carbocycles. The summed E-state index contributed by atoms with van der Waals surface area (Å²) in [6.45, 7) is 9.06. The van der Waals surface area contributed by atoms with E-state index in [1.165, 1.54) is 0 Å². The van der Waals surface area contributed by atoms with Gasteiger partial charge in [-0.1, -0.05) is 19.9 Å². The Morgan fingerprint density at radius 2 is 2.05 bits per heavy atom. The third kappa shape index (κ3) is 4.91. The van der Waals surface area contributed by atoms with Crippen LogP contribution in [-0.4, -0.2) is 27.1 Å². The van der Waals surface area contributed by atoms with Gasteiger partial charge in [0.1, 0.15) is 5.75 Å². The van der Waals surface area contributed by atoms with Gasteiger partial charge in [0.25, 0.3) is 5.91 Å². The highest BCUT2D eigenvalue weighted by Crippen LogP contribution is 2.23. The van der Waals surface area contributed by atoms with Crippen molar-refractivity contribution >= 4 is 5.91 Å². The SMILES string of the molecule is CC.Cc1cc(C)c(O)c(C(=O)NCCCn2ccnc2)c1. The van der Waals surface area contributed by atoms with Gasteiger partial charge < -0.3 is 15.0 Å². The van der Waals surface area contributed by atoms with Crippen molar-refractivity contribution in [2.24, 2.45) is 0 Å². The maximum Gasteiger partial charge on any atom is 0.255 e. The molecular weight excluding hydrogens is 278 g/mol. The maximum atomic E-state index is 12.0. The number of aromatic nitrogens is 2. The number of aromatic hydroxyl groups is 1. The number of amides is 1. The van der Waals surface area contributed by atoms with Gasteiger partial charge in [0.2, 0.25) is 0 Å². The number of phenols is 1. The molecule has 0 atom stereocenters. The second-order valence-corrected chi connectivity index (χ2v) is 4.89. The monoisotopic (exact) mass is 303 g/mol. The van der Waals surface area contributed by atoms with Crippen molar-refractivity contribution in [3.8, 4) is 5.75 Å². The van der Waals surface area contributed by atoms with Gasteiger partial charge in [0.05, 0.1) is 11.9 Å². The lowest BCUT2D eigenvalue weighted by atomic mass is 10.1. The highest BCUT2D eigenvalue weighted by molar-refractivity contribution is 5.97. The summed E-state index contributed by atoms with van der Waals surface area (Å²) in [4.78, 5) is 16.0. The first-order valence-electron chi connectivity index (χ1n) is 7.62. The van der Waals surface area contributed by atoms with E-state index in [0.717, 1.165) is 18.5 Å². The van der Waals surface area contributed by atoms with Crippen LogP contribution >= 0.6 is 0 Å². The quantitative estimate of drug-likeness (QED) is 0.834. The molecule has 0 unspecified atom stereocenters. The molecule has 0 bridgehead atoms. The summed E-state index contributed by atoms with van der Waals surface area (Å²) in [5, 5.41) is 12.7. The van der Waals surface area contributed by atoms with Gasteiger partial charge in [-0.15, -0.1) is 0 Å². The van der Waals surface area contributed by atoms with Crippen molar-refractivity contribution in [3.63, 3.8) is 0 Å². The summed E-state index contributed by atoms with van der Waals surface area (Å²) >= 11 is 0. The van der Waals surface area contributed by atoms with Crippen LogP contribution in [0.5, 0.6) is 5.75 Å². The first kappa shape index (κ1) is 17.8. The minimum absolute atomic E-state index is 0.0581. The zero-order chi connectivity index (χ0) is 16.5. The maximum absolute atomic E-state index is 12.0. The minimum atomic E-state index is -0.236. The van der Waals surface area contributed by atoms with Crippen molar-refractivity contribution in [2.75, 3.05) is 6.54 Å². The number of hydrogen-bond acceptors (Lipinski definition) is 3. The molecular formula is C17H25N3O2. The number of hydrogen-bond donors (Lipinski definition) is 2. The first-order chi connectivity index (χ1) is 10.6. The van der Waals surface area contributed by atoms with Gasteiger partial charge in [-0.2, -0.15) is 0 Å². The van der Waals surface area contributed by atoms with Gasteiger partial charge in [0, 0.05) is 25.5 Å². The van der Waals surface area contributed by atoms with E-state index < -0.39 is 0 Å². The van der Waals surface area contributed by atoms with E-state index in [1.807, 2.05) is 37.6 Å². The van der Waals surface area contributed by atoms with E-state index in [0.29, 0.717) is 17.7 Å². The number of phenolic OH excluding ortho intramolecular Hbond substituents is 1. The molecule has 0 aliphatic heterocycles. The molecule has 120 valence electrons. The fourth-order valence-corrected chi connectivity index (χ4v) is 2.11. The molecule has 2 aromatic rings. The van der Waals surface area contributed by atoms with Crippen LogP contribution < -0.4 is 5.32 Å². The van der Waals surface area contributed by atoms with E-state index in [-0.39, 0.29) is 11.7 Å². The third-order valence-electron chi connectivity index (χ3n) is 3.13. The Hall–Kier alpha value is -2.30. The summed E-state index contributed by atoms with van der Waals surface area (Å²) < 4.78 is 1.96. The molecule has 2 rings (SSSR count). The predicted molar refractivity (Wildman–Crippen MR) is 88.1 cm³/mol. The van der Waals surface area contributed by atoms with Gasteiger partial charge in [0.15, 0.2) is 0 Å². The number of nitrogens with zero attached hydrogens (tertiary/aromatic N) is 2. The van der Waals surface area contributed by atoms with Crippen LogP contribution in [0.1, 0.15) is 41.8 Å². The van der Waals surface area contributed by atoms with Gasteiger partial charge in [-0.25, -0.2) is 4.98 Å². The number of nitrogens with one attached hydrogen (secondary N) is 1. The van der Waals surface area contributed by atoms with E-state index in [1.54, 1.807) is 25.5 Å². The lowest BCUT2D eigenvalue weighted by Crippen LogP contribution is -2.25. The number of rotatable bonds is 5. The average molecular weight is 303 g/mol. The minimum Gasteiger partial charge on any atom is -0.507 e. The van der Waals surface area contributed by atoms with Crippen molar-refractivity contribution in [1.29, 1.82) is 0 Å². The van der Waals surface area contributed by atoms with Gasteiger partial charge >= 0.3 is 0 Å². The molecule has 0 saturated carbocycles. The summed E-state index contributed by atoms with van der Waals surface area (Å²) in [5.74, 6) is -0.178. The van der Waals surface area contributed by atoms with Crippen LogP contribution in [0.25, 0.3) is 0 Å². The average Bonchev–Trinajstić information content (AvgIpc) is 3.02. The van der Waals surface area contributed by atoms with Gasteiger partial charge in [-0.05, 0) is 37.5 Å². The Morgan fingerprint density at radius 1 is 1.32 bits per heavy atom. The van der Waals surface area contributed by atoms with E-state index in [2.05, 4.69) is 10.3 Å². The van der Waals surface area contributed by atoms with E-state index in [9.17, 15) is 9.90 Å². The highest BCUT2D eigenvalue weighted by Gasteiger charge is 2.13. The summed E-state index contributed by atoms with van der Waals surface area (Å²) in [6.07, 6.45) is 6.18. The Labute approximate surface area is 132 Å². The normalized spacial score (nSPS) is 9.82. The molecule has 0 fully saturated rings. The summed E-state index contributed by atoms with van der Waals surface area (Å²) in [7, 11) is 0. The molecule has 1 aromatic heterocycles. The second kappa shape index (κ2) is 8.87. The number of carbonyl (C=O) groups is 1. The molecule has 22 heavy (non-hydrogen) atoms. The largest absolute Gasteiger partial charge is 0.507 e. The van der Waals surface area contributed by atoms with Crippen LogP contribution in [0, 0.1) is 13.8 Å². The number of aryl methyl sites for hydroxylation is 3. The highest BCUT2D eigenvalue weighted by atomic mass is 16.3. The van der Waals surface area contributed by atoms with Crippen LogP contribution in [-0.2, 0) is 6.54 Å². The van der Waals surface area contributed by atoms with Crippen LogP contribution in [0.3, 0.4) is 0 Å². The Balaban J connectivity index is 0.00000116. The molecule has 1 heterocycles. The predicted octanol–water partition coefficient (Wildman–Crippen LogP) is 3.05. The lowest BCUT2D eigenvalue weighted by Gasteiger charge is -2.10. The lowest BCUT2D eigenvalue weighted by molar-refractivity contribution is 0.0950. The molecule has 1 aromatic carbocycles. The molecule has 0 radical (unpaired) electrons. The number of imidazole rings is 1. The standard InChI is InChI=1S/C15H19N3O2.C2H6/c1-11-8-12(2)14(19)13(9-11)15(20)17-4-3-6-18-7-5-16-10-18;1-2/h5,7-10,19H,3-4,6H2,1-2H3,(H,17,20);1-2H3. The van der Waals surface area contributed by atoms with Crippen LogP contribution in [0.4, 0.5) is 0 Å². The fourth-order valence-electron chi connectivity index (χ4n) is 2.11. The molecule has 2 N–H and O–H groups in total. The van der Waals surface area contributed by atoms with Crippen molar-refractivity contribution in [3.05, 3.63) is 47.5 Å². The van der Waals surface area contributed by atoms with Crippen molar-refractivity contribution < 1.29 is 9.90 Å². The fraction of sp³-hybridized carbons (Fsp3) is 0.412. The summed E-state index contributed by atoms with van der Waals surface area (Å²) in [5.41, 5.74) is 2.02. The molecule has 0 saturated heterocycles. The Kier molecular flexibility index (Phi) is 7.16. The topological polar surface area (TPSA) is 67.2 Å². The van der Waals surface area contributed by atoms with E-state index in [4.69, 9.17) is 0 Å². The molecule has 1 amide bonds. The third-order valence-corrected chi connectivity index (χ3v) is 3.13. The molecule has 0 aliphatic rings. The first-order valence-corrected chi connectivity index (χ1v) is 7.62. The molecule has 5 heteroatoms. The van der Waals surface area contributed by atoms with E-state index >= 15 is 0 Å². The van der Waals surface area contributed by atoms with Crippen LogP contribution in [0.2, 0.25) is 0 Å². The van der Waals surface area contributed by atoms with Crippen molar-refractivity contribution in [2.45, 2.75) is 40.7 Å². The Bertz CT molecular complexity index is 592. The number of benzene rings is 1. The van der Waals surface area contributed by atoms with Gasteiger partial charge in [-0.3, -0.25) is 4.79 Å². The summed E-state index contributed by atoms with van der Waals surface area (Å²) in [6, 6.07) is 3.55.